The van der Waals surface area contributed by atoms with Crippen LogP contribution in [0.4, 0.5) is 0 Å². The van der Waals surface area contributed by atoms with Crippen LogP contribution in [0.2, 0.25) is 17.1 Å². The van der Waals surface area contributed by atoms with Crippen molar-refractivity contribution >= 4 is 0 Å². The first kappa shape index (κ1) is 17.5. The molecule has 0 aliphatic heterocycles. The molecular weight excluding hydrogens is 244 g/mol. The molecule has 0 heterocycles. The molecule has 0 saturated heterocycles. The van der Waals surface area contributed by atoms with Crippen LogP contribution < -0.4 is 0 Å². The summed E-state index contributed by atoms with van der Waals surface area (Å²) in [5, 5.41) is 0. The normalized spacial score (nSPS) is 17.2. The number of rotatable bonds is 0. The van der Waals surface area contributed by atoms with Gasteiger partial charge in [0.15, 0.2) is 0 Å². The summed E-state index contributed by atoms with van der Waals surface area (Å²) in [6.45, 7) is 29.8. The molecule has 0 saturated carbocycles. The van der Waals surface area contributed by atoms with E-state index < -0.39 is 13.1 Å². The molecule has 106 valence electrons. The van der Waals surface area contributed by atoms with Crippen molar-refractivity contribution < 1.29 is 13.1 Å². The second-order valence-electron chi connectivity index (χ2n) is 9.06. The standard InChI is InChI=1S/4C4H9.Cr/c4*1-4(2)3;/h4*1-3H3;. The average Bonchev–Trinajstić information content (AvgIpc) is 1.67. The molecule has 0 unspecified atom stereocenters. The predicted molar refractivity (Wildman–Crippen MR) is 78.9 cm³/mol. The molecule has 0 radical (unpaired) electrons. The molecule has 0 aliphatic carbocycles. The zero-order valence-corrected chi connectivity index (χ0v) is 15.7. The second-order valence-corrected chi connectivity index (χ2v) is 18.6. The molecule has 0 aromatic carbocycles. The molecule has 17 heavy (non-hydrogen) atoms. The van der Waals surface area contributed by atoms with Gasteiger partial charge in [-0.15, -0.1) is 0 Å². The van der Waals surface area contributed by atoms with Crippen molar-refractivity contribution in [1.29, 1.82) is 0 Å². The van der Waals surface area contributed by atoms with E-state index in [0.717, 1.165) is 0 Å². The van der Waals surface area contributed by atoms with E-state index >= 15 is 0 Å². The van der Waals surface area contributed by atoms with Gasteiger partial charge in [-0.1, -0.05) is 0 Å². The predicted octanol–water partition coefficient (Wildman–Crippen LogP) is 7.01. The Bertz CT molecular complexity index is 198. The monoisotopic (exact) mass is 280 g/mol. The molecular formula is C16H36Cr. The van der Waals surface area contributed by atoms with Crippen LogP contribution >= 0.6 is 0 Å². The Balaban J connectivity index is 6.37. The Morgan fingerprint density at radius 1 is 0.353 bits per heavy atom. The summed E-state index contributed by atoms with van der Waals surface area (Å²) in [6, 6.07) is 0. The fraction of sp³-hybridized carbons (Fsp3) is 1.00. The molecule has 0 N–H and O–H groups in total. The number of hydrogen-bond donors (Lipinski definition) is 0. The first-order chi connectivity index (χ1) is 7.00. The Labute approximate surface area is 113 Å². The summed E-state index contributed by atoms with van der Waals surface area (Å²) in [6.07, 6.45) is 0. The molecule has 0 rings (SSSR count). The SMILES string of the molecule is C[C](C)(C)[Cr]([C](C)(C)C)([C](C)(C)C)[C](C)(C)C. The van der Waals surface area contributed by atoms with E-state index in [1.54, 1.807) is 0 Å². The molecule has 0 fully saturated rings. The van der Waals surface area contributed by atoms with Crippen LogP contribution in [0, 0.1) is 0 Å². The van der Waals surface area contributed by atoms with Crippen LogP contribution in [0.5, 0.6) is 0 Å². The summed E-state index contributed by atoms with van der Waals surface area (Å²) in [5.74, 6) is 0. The molecule has 0 amide bonds. The van der Waals surface area contributed by atoms with E-state index in [9.17, 15) is 0 Å². The molecule has 1 heteroatoms. The molecule has 0 bridgehead atoms. The van der Waals surface area contributed by atoms with Crippen LogP contribution in [-0.4, -0.2) is 0 Å². The van der Waals surface area contributed by atoms with Gasteiger partial charge in [0, 0.05) is 0 Å². The van der Waals surface area contributed by atoms with Gasteiger partial charge in [-0.25, -0.2) is 0 Å². The molecule has 0 aromatic heterocycles. The van der Waals surface area contributed by atoms with Crippen LogP contribution in [0.1, 0.15) is 83.1 Å². The van der Waals surface area contributed by atoms with E-state index in [1.165, 1.54) is 0 Å². The fourth-order valence-electron chi connectivity index (χ4n) is 5.51. The van der Waals surface area contributed by atoms with Gasteiger partial charge >= 0.3 is 113 Å². The van der Waals surface area contributed by atoms with Crippen molar-refractivity contribution in [2.24, 2.45) is 0 Å². The zero-order chi connectivity index (χ0) is 14.5. The second kappa shape index (κ2) is 4.28. The molecule has 0 aliphatic rings. The van der Waals surface area contributed by atoms with Crippen LogP contribution in [-0.2, 0) is 13.1 Å². The summed E-state index contributed by atoms with van der Waals surface area (Å²) in [5.41, 5.74) is 0. The molecule has 0 nitrogen and oxygen atoms in total. The quantitative estimate of drug-likeness (QED) is 0.447. The Hall–Kier alpha value is 0.532. The van der Waals surface area contributed by atoms with Crippen molar-refractivity contribution in [1.82, 2.24) is 0 Å². The minimum atomic E-state index is -1.83. The Morgan fingerprint density at radius 2 is 0.471 bits per heavy atom. The first-order valence-electron chi connectivity index (χ1n) is 6.82. The van der Waals surface area contributed by atoms with Gasteiger partial charge in [0.25, 0.3) is 0 Å². The molecule has 0 aromatic rings. The van der Waals surface area contributed by atoms with Gasteiger partial charge in [0.05, 0.1) is 0 Å². The summed E-state index contributed by atoms with van der Waals surface area (Å²) in [7, 11) is 0. The average molecular weight is 280 g/mol. The van der Waals surface area contributed by atoms with Gasteiger partial charge < -0.3 is 0 Å². The van der Waals surface area contributed by atoms with Crippen LogP contribution in [0.25, 0.3) is 0 Å². The topological polar surface area (TPSA) is 0 Å². The third-order valence-electron chi connectivity index (χ3n) is 3.67. The van der Waals surface area contributed by atoms with E-state index in [-0.39, 0.29) is 0 Å². The number of hydrogen-bond acceptors (Lipinski definition) is 0. The van der Waals surface area contributed by atoms with E-state index in [4.69, 9.17) is 0 Å². The van der Waals surface area contributed by atoms with Crippen molar-refractivity contribution in [3.8, 4) is 0 Å². The maximum atomic E-state index is 2.48. The van der Waals surface area contributed by atoms with Crippen LogP contribution in [0.15, 0.2) is 0 Å². The van der Waals surface area contributed by atoms with Gasteiger partial charge in [0.2, 0.25) is 0 Å². The first-order valence-corrected chi connectivity index (χ1v) is 9.37. The Kier molecular flexibility index (Phi) is 4.41. The third-order valence-corrected chi connectivity index (χ3v) is 15.1. The van der Waals surface area contributed by atoms with E-state index in [1.807, 2.05) is 0 Å². The minimum absolute atomic E-state index is 0.422. The summed E-state index contributed by atoms with van der Waals surface area (Å²) >= 11 is -1.83. The fourth-order valence-corrected chi connectivity index (χ4v) is 22.7. The van der Waals surface area contributed by atoms with Crippen molar-refractivity contribution in [2.45, 2.75) is 100 Å². The van der Waals surface area contributed by atoms with Crippen LogP contribution in [0.3, 0.4) is 0 Å². The van der Waals surface area contributed by atoms with Gasteiger partial charge in [0.1, 0.15) is 0 Å². The molecule has 0 atom stereocenters. The Morgan fingerprint density at radius 3 is 0.471 bits per heavy atom. The maximum absolute atomic E-state index is 2.48. The van der Waals surface area contributed by atoms with Gasteiger partial charge in [-0.3, -0.25) is 0 Å². The van der Waals surface area contributed by atoms with E-state index in [0.29, 0.717) is 17.1 Å². The summed E-state index contributed by atoms with van der Waals surface area (Å²) < 4.78 is 1.69. The zero-order valence-electron chi connectivity index (χ0n) is 14.4. The molecule has 0 spiro atoms. The summed E-state index contributed by atoms with van der Waals surface area (Å²) in [4.78, 5) is 0. The van der Waals surface area contributed by atoms with Crippen molar-refractivity contribution in [3.63, 3.8) is 0 Å². The van der Waals surface area contributed by atoms with Gasteiger partial charge in [-0.2, -0.15) is 0 Å². The van der Waals surface area contributed by atoms with Gasteiger partial charge in [-0.05, 0) is 0 Å². The van der Waals surface area contributed by atoms with E-state index in [2.05, 4.69) is 83.1 Å². The van der Waals surface area contributed by atoms with Crippen molar-refractivity contribution in [3.05, 3.63) is 0 Å². The van der Waals surface area contributed by atoms with Crippen molar-refractivity contribution in [2.75, 3.05) is 0 Å². The third kappa shape index (κ3) is 2.62.